The first kappa shape index (κ1) is 27.4. The number of hydrogen-bond acceptors (Lipinski definition) is 7. The van der Waals surface area contributed by atoms with Crippen molar-refractivity contribution in [1.82, 2.24) is 5.32 Å². The molecule has 2 amide bonds. The normalized spacial score (nSPS) is 17.2. The number of para-hydroxylation sites is 1. The lowest BCUT2D eigenvalue weighted by atomic mass is 9.78. The Kier molecular flexibility index (Phi) is 9.26. The molecule has 0 aromatic heterocycles. The smallest absolute Gasteiger partial charge is 0.319 e. The summed E-state index contributed by atoms with van der Waals surface area (Å²) in [6, 6.07) is 12.4. The quantitative estimate of drug-likeness (QED) is 0.359. The van der Waals surface area contributed by atoms with Gasteiger partial charge in [0.15, 0.2) is 5.75 Å². The summed E-state index contributed by atoms with van der Waals surface area (Å²) < 4.78 is 10.3. The van der Waals surface area contributed by atoms with Crippen LogP contribution in [0.3, 0.4) is 0 Å². The Morgan fingerprint density at radius 3 is 2.47 bits per heavy atom. The number of amides is 2. The second kappa shape index (κ2) is 12.2. The molecule has 0 unspecified atom stereocenters. The van der Waals surface area contributed by atoms with Crippen LogP contribution in [0.15, 0.2) is 47.0 Å². The van der Waals surface area contributed by atoms with E-state index in [1.807, 2.05) is 19.1 Å². The van der Waals surface area contributed by atoms with Crippen molar-refractivity contribution in [1.29, 1.82) is 5.26 Å². The molecular formula is C25H23Cl2N3O5S. The topological polar surface area (TPSA) is 118 Å². The van der Waals surface area contributed by atoms with E-state index in [0.29, 0.717) is 17.9 Å². The zero-order chi connectivity index (χ0) is 26.4. The molecule has 0 saturated heterocycles. The van der Waals surface area contributed by atoms with Gasteiger partial charge >= 0.3 is 5.97 Å². The van der Waals surface area contributed by atoms with Gasteiger partial charge in [0, 0.05) is 11.6 Å². The lowest BCUT2D eigenvalue weighted by Crippen LogP contribution is -2.44. The van der Waals surface area contributed by atoms with E-state index in [4.69, 9.17) is 32.7 Å². The van der Waals surface area contributed by atoms with E-state index in [1.54, 1.807) is 19.1 Å². The lowest BCUT2D eigenvalue weighted by Gasteiger charge is -2.31. The molecule has 2 N–H and O–H groups in total. The first-order chi connectivity index (χ1) is 17.2. The molecule has 1 aliphatic heterocycles. The van der Waals surface area contributed by atoms with Gasteiger partial charge < -0.3 is 20.1 Å². The SMILES string of the molecule is CCOc1c(Cl)cc([C@@H]2C(C#N)=C(SCC(=O)Nc3ccccc3C)NC(=O)[C@@H]2C(=O)OC)cc1Cl. The van der Waals surface area contributed by atoms with E-state index in [0.717, 1.165) is 24.4 Å². The van der Waals surface area contributed by atoms with Gasteiger partial charge in [0.25, 0.3) is 0 Å². The van der Waals surface area contributed by atoms with Crippen molar-refractivity contribution in [3.8, 4) is 11.8 Å². The number of nitrogens with one attached hydrogen (secondary N) is 2. The number of nitrogens with zero attached hydrogens (tertiary/aromatic N) is 1. The van der Waals surface area contributed by atoms with Crippen LogP contribution in [0.25, 0.3) is 0 Å². The van der Waals surface area contributed by atoms with Crippen molar-refractivity contribution in [2.45, 2.75) is 19.8 Å². The van der Waals surface area contributed by atoms with Gasteiger partial charge in [-0.25, -0.2) is 0 Å². The first-order valence-corrected chi connectivity index (χ1v) is 12.6. The molecule has 0 aliphatic carbocycles. The van der Waals surface area contributed by atoms with Gasteiger partial charge in [-0.3, -0.25) is 14.4 Å². The van der Waals surface area contributed by atoms with Gasteiger partial charge in [-0.15, -0.1) is 0 Å². The molecule has 11 heteroatoms. The van der Waals surface area contributed by atoms with E-state index < -0.39 is 23.7 Å². The maximum Gasteiger partial charge on any atom is 0.319 e. The molecule has 2 aromatic carbocycles. The van der Waals surface area contributed by atoms with Crippen molar-refractivity contribution in [2.75, 3.05) is 24.8 Å². The van der Waals surface area contributed by atoms with Gasteiger partial charge in [0.05, 0.1) is 46.2 Å². The summed E-state index contributed by atoms with van der Waals surface area (Å²) in [6.07, 6.45) is 0. The Labute approximate surface area is 222 Å². The Morgan fingerprint density at radius 1 is 1.22 bits per heavy atom. The van der Waals surface area contributed by atoms with Gasteiger partial charge in [0.2, 0.25) is 11.8 Å². The van der Waals surface area contributed by atoms with Crippen LogP contribution in [-0.4, -0.2) is 37.3 Å². The van der Waals surface area contributed by atoms with E-state index in [-0.39, 0.29) is 38.1 Å². The van der Waals surface area contributed by atoms with E-state index in [1.165, 1.54) is 12.1 Å². The number of thioether (sulfide) groups is 1. The van der Waals surface area contributed by atoms with E-state index in [2.05, 4.69) is 16.7 Å². The fourth-order valence-electron chi connectivity index (χ4n) is 3.76. The average molecular weight is 548 g/mol. The third-order valence-electron chi connectivity index (χ3n) is 5.42. The van der Waals surface area contributed by atoms with Gasteiger partial charge in [-0.1, -0.05) is 53.2 Å². The highest BCUT2D eigenvalue weighted by Gasteiger charge is 2.44. The standard InChI is InChI=1S/C25H23Cl2N3O5S/c1-4-35-22-16(26)9-14(10-17(22)27)20-15(11-28)24(30-23(32)21(20)25(33)34-3)36-12-19(31)29-18-8-6-5-7-13(18)2/h5-10,20-21H,4,12H2,1-3H3,(H,29,31)(H,30,32)/t20-,21-/m1/s1. The maximum atomic E-state index is 13.0. The first-order valence-electron chi connectivity index (χ1n) is 10.8. The minimum absolute atomic E-state index is 0.0787. The highest BCUT2D eigenvalue weighted by molar-refractivity contribution is 8.03. The van der Waals surface area contributed by atoms with Gasteiger partial charge in [0.1, 0.15) is 5.92 Å². The number of halogens is 2. The monoisotopic (exact) mass is 547 g/mol. The molecule has 2 atom stereocenters. The van der Waals surface area contributed by atoms with Crippen molar-refractivity contribution in [3.63, 3.8) is 0 Å². The molecule has 1 heterocycles. The molecule has 36 heavy (non-hydrogen) atoms. The number of methoxy groups -OCH3 is 1. The minimum atomic E-state index is -1.36. The largest absolute Gasteiger partial charge is 0.491 e. The average Bonchev–Trinajstić information content (AvgIpc) is 2.85. The fraction of sp³-hybridized carbons (Fsp3) is 0.280. The van der Waals surface area contributed by atoms with Crippen LogP contribution in [-0.2, 0) is 19.1 Å². The molecule has 0 radical (unpaired) electrons. The molecule has 3 rings (SSSR count). The lowest BCUT2D eigenvalue weighted by molar-refractivity contribution is -0.150. The number of ether oxygens (including phenoxy) is 2. The number of hydrogen-bond donors (Lipinski definition) is 2. The number of aryl methyl sites for hydroxylation is 1. The van der Waals surface area contributed by atoms with Crippen LogP contribution >= 0.6 is 35.0 Å². The second-order valence-electron chi connectivity index (χ2n) is 7.72. The number of esters is 1. The molecule has 1 aliphatic rings. The molecular weight excluding hydrogens is 525 g/mol. The number of anilines is 1. The fourth-order valence-corrected chi connectivity index (χ4v) is 5.22. The zero-order valence-corrected chi connectivity index (χ0v) is 22.0. The Hall–Kier alpha value is -3.19. The third kappa shape index (κ3) is 5.95. The summed E-state index contributed by atoms with van der Waals surface area (Å²) >= 11 is 13.7. The van der Waals surface area contributed by atoms with Crippen LogP contribution < -0.4 is 15.4 Å². The number of carbonyl (C=O) groups is 3. The molecule has 0 saturated carbocycles. The molecule has 0 fully saturated rings. The molecule has 188 valence electrons. The summed E-state index contributed by atoms with van der Waals surface area (Å²) in [7, 11) is 1.15. The maximum absolute atomic E-state index is 13.0. The van der Waals surface area contributed by atoms with Crippen LogP contribution in [0.5, 0.6) is 5.75 Å². The van der Waals surface area contributed by atoms with Crippen LogP contribution in [0, 0.1) is 24.2 Å². The van der Waals surface area contributed by atoms with Crippen molar-refractivity contribution in [2.24, 2.45) is 5.92 Å². The summed E-state index contributed by atoms with van der Waals surface area (Å²) in [6.45, 7) is 3.96. The highest BCUT2D eigenvalue weighted by Crippen LogP contribution is 2.44. The Balaban J connectivity index is 1.98. The highest BCUT2D eigenvalue weighted by atomic mass is 35.5. The van der Waals surface area contributed by atoms with Crippen molar-refractivity contribution < 1.29 is 23.9 Å². The Morgan fingerprint density at radius 2 is 1.89 bits per heavy atom. The van der Waals surface area contributed by atoms with Crippen LogP contribution in [0.1, 0.15) is 24.0 Å². The minimum Gasteiger partial charge on any atom is -0.491 e. The number of nitriles is 1. The molecule has 0 spiro atoms. The molecule has 2 aromatic rings. The van der Waals surface area contributed by atoms with Crippen LogP contribution in [0.2, 0.25) is 10.0 Å². The predicted molar refractivity (Wildman–Crippen MR) is 139 cm³/mol. The Bertz CT molecular complexity index is 1250. The van der Waals surface area contributed by atoms with Gasteiger partial charge in [-0.2, -0.15) is 5.26 Å². The summed E-state index contributed by atoms with van der Waals surface area (Å²) in [4.78, 5) is 38.2. The number of benzene rings is 2. The van der Waals surface area contributed by atoms with E-state index in [9.17, 15) is 19.6 Å². The predicted octanol–water partition coefficient (Wildman–Crippen LogP) is 4.81. The summed E-state index contributed by atoms with van der Waals surface area (Å²) in [5.74, 6) is -4.06. The van der Waals surface area contributed by atoms with E-state index >= 15 is 0 Å². The summed E-state index contributed by atoms with van der Waals surface area (Å²) in [5, 5.41) is 15.9. The summed E-state index contributed by atoms with van der Waals surface area (Å²) in [5.41, 5.74) is 1.99. The van der Waals surface area contributed by atoms with Crippen LogP contribution in [0.4, 0.5) is 5.69 Å². The second-order valence-corrected chi connectivity index (χ2v) is 9.52. The molecule has 8 nitrogen and oxygen atoms in total. The molecule has 0 bridgehead atoms. The number of carbonyl (C=O) groups excluding carboxylic acids is 3. The zero-order valence-electron chi connectivity index (χ0n) is 19.7. The van der Waals surface area contributed by atoms with Gasteiger partial charge in [-0.05, 0) is 43.2 Å². The number of allylic oxidation sites excluding steroid dienone is 1. The third-order valence-corrected chi connectivity index (χ3v) is 7.00. The van der Waals surface area contributed by atoms with Crippen molar-refractivity contribution in [3.05, 3.63) is 68.2 Å². The van der Waals surface area contributed by atoms with Crippen molar-refractivity contribution >= 4 is 58.4 Å². The number of rotatable bonds is 8.